The number of carbonyl (C=O) groups excluding carboxylic acids is 1. The molecule has 4 nitrogen and oxygen atoms in total. The van der Waals surface area contributed by atoms with Crippen LogP contribution in [0.4, 0.5) is 5.69 Å². The zero-order valence-electron chi connectivity index (χ0n) is 12.1. The average molecular weight is 333 g/mol. The molecule has 1 amide bonds. The van der Waals surface area contributed by atoms with Crippen LogP contribution < -0.4 is 15.8 Å². The van der Waals surface area contributed by atoms with Crippen molar-refractivity contribution in [3.05, 3.63) is 23.2 Å². The molecule has 0 saturated heterocycles. The van der Waals surface area contributed by atoms with Crippen molar-refractivity contribution in [2.75, 3.05) is 11.9 Å². The van der Waals surface area contributed by atoms with Crippen molar-refractivity contribution in [1.29, 1.82) is 0 Å². The highest BCUT2D eigenvalue weighted by atomic mass is 35.5. The summed E-state index contributed by atoms with van der Waals surface area (Å²) in [6.45, 7) is 2.42. The third-order valence-corrected chi connectivity index (χ3v) is 3.92. The van der Waals surface area contributed by atoms with Crippen LogP contribution in [0, 0.1) is 5.92 Å². The maximum atomic E-state index is 12.1. The maximum Gasteiger partial charge on any atom is 0.224 e. The minimum absolute atomic E-state index is 0. The monoisotopic (exact) mass is 332 g/mol. The third kappa shape index (κ3) is 5.06. The van der Waals surface area contributed by atoms with Crippen molar-refractivity contribution in [2.24, 2.45) is 11.7 Å². The summed E-state index contributed by atoms with van der Waals surface area (Å²) in [5.41, 5.74) is 6.66. The van der Waals surface area contributed by atoms with Gasteiger partial charge in [0.25, 0.3) is 0 Å². The lowest BCUT2D eigenvalue weighted by atomic mass is 10.00. The molecule has 6 heteroatoms. The molecule has 0 aromatic heterocycles. The van der Waals surface area contributed by atoms with Gasteiger partial charge in [-0.15, -0.1) is 12.4 Å². The molecule has 0 aliphatic heterocycles. The minimum atomic E-state index is -0.0179. The molecule has 0 unspecified atom stereocenters. The smallest absolute Gasteiger partial charge is 0.224 e. The summed E-state index contributed by atoms with van der Waals surface area (Å²) in [5, 5.41) is 3.48. The van der Waals surface area contributed by atoms with Gasteiger partial charge < -0.3 is 15.8 Å². The lowest BCUT2D eigenvalue weighted by Crippen LogP contribution is -2.28. The Morgan fingerprint density at radius 3 is 2.86 bits per heavy atom. The van der Waals surface area contributed by atoms with Gasteiger partial charge in [-0.2, -0.15) is 0 Å². The second-order valence-corrected chi connectivity index (χ2v) is 5.62. The zero-order chi connectivity index (χ0) is 14.5. The maximum absolute atomic E-state index is 12.1. The summed E-state index contributed by atoms with van der Waals surface area (Å²) in [6, 6.07) is 5.36. The van der Waals surface area contributed by atoms with Gasteiger partial charge in [-0.3, -0.25) is 4.79 Å². The molecule has 0 bridgehead atoms. The number of hydrogen-bond acceptors (Lipinski definition) is 3. The first-order valence-electron chi connectivity index (χ1n) is 7.08. The summed E-state index contributed by atoms with van der Waals surface area (Å²) < 4.78 is 5.49. The van der Waals surface area contributed by atoms with Crippen LogP contribution in [-0.4, -0.2) is 18.6 Å². The molecular formula is C15H22Cl2N2O2. The Labute approximate surface area is 136 Å². The predicted octanol–water partition coefficient (Wildman–Crippen LogP) is 3.62. The van der Waals surface area contributed by atoms with Gasteiger partial charge in [0, 0.05) is 23.6 Å². The fourth-order valence-corrected chi connectivity index (χ4v) is 2.79. The van der Waals surface area contributed by atoms with Gasteiger partial charge in [0.15, 0.2) is 0 Å². The molecule has 118 valence electrons. The first-order chi connectivity index (χ1) is 9.60. The minimum Gasteiger partial charge on any atom is -0.492 e. The van der Waals surface area contributed by atoms with Crippen molar-refractivity contribution >= 4 is 35.6 Å². The van der Waals surface area contributed by atoms with Crippen LogP contribution in [0.2, 0.25) is 5.02 Å². The van der Waals surface area contributed by atoms with Crippen LogP contribution in [0.1, 0.15) is 32.6 Å². The molecule has 1 aromatic rings. The Balaban J connectivity index is 0.00000220. The van der Waals surface area contributed by atoms with E-state index in [2.05, 4.69) is 5.32 Å². The third-order valence-electron chi connectivity index (χ3n) is 3.68. The van der Waals surface area contributed by atoms with E-state index in [1.165, 1.54) is 0 Å². The lowest BCUT2D eigenvalue weighted by molar-refractivity contribution is -0.117. The normalized spacial score (nSPS) is 20.7. The van der Waals surface area contributed by atoms with Crippen LogP contribution in [0.15, 0.2) is 18.2 Å². The van der Waals surface area contributed by atoms with E-state index in [9.17, 15) is 4.79 Å². The number of carbonyl (C=O) groups is 1. The number of ether oxygens (including phenoxy) is 1. The molecule has 3 N–H and O–H groups in total. The first kappa shape index (κ1) is 18.1. The topological polar surface area (TPSA) is 64.3 Å². The summed E-state index contributed by atoms with van der Waals surface area (Å²) in [4.78, 5) is 12.1. The number of halogens is 2. The van der Waals surface area contributed by atoms with E-state index in [-0.39, 0.29) is 30.3 Å². The van der Waals surface area contributed by atoms with Crippen LogP contribution in [0.5, 0.6) is 5.75 Å². The molecule has 1 aromatic carbocycles. The molecule has 1 saturated carbocycles. The van der Waals surface area contributed by atoms with Gasteiger partial charge in [-0.05, 0) is 37.8 Å². The standard InChI is InChI=1S/C15H21ClN2O2.ClH/c1-2-20-14-9-11(16)6-7-13(14)18-15(19)8-10-4-3-5-12(10)17;/h6-7,9-10,12H,2-5,8,17H2,1H3,(H,18,19);1H/t10-,12+;/m0./s1. The van der Waals surface area contributed by atoms with Gasteiger partial charge in [0.2, 0.25) is 5.91 Å². The highest BCUT2D eigenvalue weighted by molar-refractivity contribution is 6.30. The molecule has 1 aliphatic carbocycles. The van der Waals surface area contributed by atoms with Crippen molar-refractivity contribution < 1.29 is 9.53 Å². The Morgan fingerprint density at radius 1 is 1.48 bits per heavy atom. The fourth-order valence-electron chi connectivity index (χ4n) is 2.63. The lowest BCUT2D eigenvalue weighted by Gasteiger charge is -2.16. The van der Waals surface area contributed by atoms with Crippen LogP contribution >= 0.6 is 24.0 Å². The van der Waals surface area contributed by atoms with Crippen molar-refractivity contribution in [2.45, 2.75) is 38.6 Å². The molecule has 21 heavy (non-hydrogen) atoms. The first-order valence-corrected chi connectivity index (χ1v) is 7.45. The Morgan fingerprint density at radius 2 is 2.24 bits per heavy atom. The van der Waals surface area contributed by atoms with Gasteiger partial charge in [0.05, 0.1) is 12.3 Å². The van der Waals surface area contributed by atoms with Crippen LogP contribution in [-0.2, 0) is 4.79 Å². The summed E-state index contributed by atoms with van der Waals surface area (Å²) in [7, 11) is 0. The van der Waals surface area contributed by atoms with E-state index in [0.29, 0.717) is 29.5 Å². The number of amides is 1. The van der Waals surface area contributed by atoms with E-state index < -0.39 is 0 Å². The molecule has 2 rings (SSSR count). The number of nitrogens with two attached hydrogens (primary N) is 1. The Bertz CT molecular complexity index is 483. The van der Waals surface area contributed by atoms with Crippen molar-refractivity contribution in [3.63, 3.8) is 0 Å². The number of hydrogen-bond donors (Lipinski definition) is 2. The molecule has 1 fully saturated rings. The Hall–Kier alpha value is -0.970. The molecular weight excluding hydrogens is 311 g/mol. The SMILES string of the molecule is CCOc1cc(Cl)ccc1NC(=O)C[C@@H]1CCC[C@H]1N.Cl. The second-order valence-electron chi connectivity index (χ2n) is 5.18. The summed E-state index contributed by atoms with van der Waals surface area (Å²) >= 11 is 5.94. The quantitative estimate of drug-likeness (QED) is 0.865. The van der Waals surface area contributed by atoms with Crippen molar-refractivity contribution in [1.82, 2.24) is 0 Å². The average Bonchev–Trinajstić information content (AvgIpc) is 2.79. The van der Waals surface area contributed by atoms with E-state index in [4.69, 9.17) is 22.1 Å². The fraction of sp³-hybridized carbons (Fsp3) is 0.533. The molecule has 2 atom stereocenters. The zero-order valence-corrected chi connectivity index (χ0v) is 13.7. The number of rotatable bonds is 5. The van der Waals surface area contributed by atoms with Gasteiger partial charge in [0.1, 0.15) is 5.75 Å². The highest BCUT2D eigenvalue weighted by Crippen LogP contribution is 2.30. The van der Waals surface area contributed by atoms with Crippen LogP contribution in [0.25, 0.3) is 0 Å². The van der Waals surface area contributed by atoms with Crippen LogP contribution in [0.3, 0.4) is 0 Å². The number of benzene rings is 1. The predicted molar refractivity (Wildman–Crippen MR) is 88.4 cm³/mol. The number of anilines is 1. The van der Waals surface area contributed by atoms with Crippen molar-refractivity contribution in [3.8, 4) is 5.75 Å². The van der Waals surface area contributed by atoms with Gasteiger partial charge in [-0.1, -0.05) is 18.0 Å². The molecule has 0 radical (unpaired) electrons. The van der Waals surface area contributed by atoms with E-state index >= 15 is 0 Å². The molecule has 0 spiro atoms. The van der Waals surface area contributed by atoms with E-state index in [1.807, 2.05) is 6.92 Å². The van der Waals surface area contributed by atoms with Gasteiger partial charge >= 0.3 is 0 Å². The summed E-state index contributed by atoms with van der Waals surface area (Å²) in [5.74, 6) is 0.873. The number of nitrogens with one attached hydrogen (secondary N) is 1. The van der Waals surface area contributed by atoms with E-state index in [1.54, 1.807) is 18.2 Å². The molecule has 1 aliphatic rings. The highest BCUT2D eigenvalue weighted by Gasteiger charge is 2.26. The molecule has 0 heterocycles. The Kier molecular flexibility index (Phi) is 7.29. The van der Waals surface area contributed by atoms with Gasteiger partial charge in [-0.25, -0.2) is 0 Å². The summed E-state index contributed by atoms with van der Waals surface area (Å²) in [6.07, 6.45) is 3.64. The largest absolute Gasteiger partial charge is 0.492 e. The second kappa shape index (κ2) is 8.47. The van der Waals surface area contributed by atoms with E-state index in [0.717, 1.165) is 19.3 Å².